The summed E-state index contributed by atoms with van der Waals surface area (Å²) in [4.78, 5) is 4.52. The lowest BCUT2D eigenvalue weighted by Gasteiger charge is -2.08. The van der Waals surface area contributed by atoms with Gasteiger partial charge in [-0.15, -0.1) is 0 Å². The van der Waals surface area contributed by atoms with Gasteiger partial charge in [0.05, 0.1) is 17.4 Å². The molecule has 4 aromatic rings. The molecule has 0 saturated carbocycles. The zero-order valence-corrected chi connectivity index (χ0v) is 16.5. The molecule has 0 aliphatic carbocycles. The number of aryl methyl sites for hydroxylation is 1. The highest BCUT2D eigenvalue weighted by molar-refractivity contribution is 5.92. The molecular formula is C23H21N5O2. The highest BCUT2D eigenvalue weighted by Gasteiger charge is 2.11. The number of para-hydroxylation sites is 1. The molecule has 2 heterocycles. The van der Waals surface area contributed by atoms with Crippen molar-refractivity contribution in [2.45, 2.75) is 6.61 Å². The van der Waals surface area contributed by atoms with Crippen LogP contribution in [0.25, 0.3) is 27.7 Å². The van der Waals surface area contributed by atoms with Crippen LogP contribution in [0, 0.1) is 5.21 Å². The number of hydrogen-bond acceptors (Lipinski definition) is 4. The van der Waals surface area contributed by atoms with Crippen LogP contribution in [0.3, 0.4) is 0 Å². The van der Waals surface area contributed by atoms with Crippen molar-refractivity contribution in [2.24, 2.45) is 7.05 Å². The van der Waals surface area contributed by atoms with Crippen molar-refractivity contribution >= 4 is 22.8 Å². The standard InChI is InChI=1S/C23H21N5O2/c1-3-16(11-12-26-29)20-13-25-27-21(20)14-30-18-9-7-17(8-10-18)19-5-4-6-22-23(19)24-15-28(22)2/h3-13,15,26H,1,14H2,2H3,(H-,25,27,29)/b16-11+,26-12+. The summed E-state index contributed by atoms with van der Waals surface area (Å²) in [6, 6.07) is 14.1. The number of benzene rings is 2. The minimum atomic E-state index is 0.282. The number of aromatic nitrogens is 4. The molecule has 0 aliphatic heterocycles. The number of imidazole rings is 1. The SMILES string of the molecule is C=C/C(=C\C=[NH+]\[O-])c1c[nH]nc1COc1ccc(-c2cccc3c2ncn3C)cc1. The number of nitrogens with one attached hydrogen (secondary N) is 2. The van der Waals surface area contributed by atoms with Crippen LogP contribution < -0.4 is 9.89 Å². The molecule has 0 aliphatic rings. The van der Waals surface area contributed by atoms with E-state index in [1.807, 2.05) is 48.3 Å². The number of allylic oxidation sites excluding steroid dienone is 3. The van der Waals surface area contributed by atoms with E-state index in [1.165, 1.54) is 6.21 Å². The lowest BCUT2D eigenvalue weighted by atomic mass is 10.0. The Morgan fingerprint density at radius 1 is 1.27 bits per heavy atom. The number of H-pyrrole nitrogens is 1. The smallest absolute Gasteiger partial charge is 0.173 e. The van der Waals surface area contributed by atoms with Crippen molar-refractivity contribution in [1.82, 2.24) is 19.7 Å². The fourth-order valence-electron chi connectivity index (χ4n) is 3.34. The molecule has 0 spiro atoms. The lowest BCUT2D eigenvalue weighted by Crippen LogP contribution is -2.59. The fraction of sp³-hybridized carbons (Fsp3) is 0.0870. The normalized spacial score (nSPS) is 12.0. The van der Waals surface area contributed by atoms with Crippen LogP contribution >= 0.6 is 0 Å². The van der Waals surface area contributed by atoms with Gasteiger partial charge in [-0.2, -0.15) is 5.10 Å². The van der Waals surface area contributed by atoms with Gasteiger partial charge in [0.25, 0.3) is 0 Å². The summed E-state index contributed by atoms with van der Waals surface area (Å²) < 4.78 is 7.93. The molecule has 30 heavy (non-hydrogen) atoms. The second-order valence-corrected chi connectivity index (χ2v) is 6.70. The Labute approximate surface area is 173 Å². The molecule has 2 aromatic heterocycles. The van der Waals surface area contributed by atoms with Gasteiger partial charge in [-0.05, 0) is 29.3 Å². The van der Waals surface area contributed by atoms with Crippen LogP contribution in [-0.2, 0) is 13.7 Å². The maximum absolute atomic E-state index is 10.5. The van der Waals surface area contributed by atoms with Crippen molar-refractivity contribution in [2.75, 3.05) is 0 Å². The third-order valence-electron chi connectivity index (χ3n) is 4.88. The molecule has 7 heteroatoms. The van der Waals surface area contributed by atoms with Gasteiger partial charge in [-0.25, -0.2) is 10.1 Å². The van der Waals surface area contributed by atoms with E-state index < -0.39 is 0 Å². The van der Waals surface area contributed by atoms with Crippen molar-refractivity contribution in [3.05, 3.63) is 90.2 Å². The maximum Gasteiger partial charge on any atom is 0.173 e. The highest BCUT2D eigenvalue weighted by Crippen LogP contribution is 2.29. The van der Waals surface area contributed by atoms with Crippen LogP contribution in [0.15, 0.2) is 73.7 Å². The number of fused-ring (bicyclic) bond motifs is 1. The van der Waals surface area contributed by atoms with Crippen molar-refractivity contribution in [3.63, 3.8) is 0 Å². The number of hydrogen-bond donors (Lipinski definition) is 2. The summed E-state index contributed by atoms with van der Waals surface area (Å²) in [5.74, 6) is 0.734. The third kappa shape index (κ3) is 3.73. The summed E-state index contributed by atoms with van der Waals surface area (Å²) in [5.41, 5.74) is 6.54. The van der Waals surface area contributed by atoms with Crippen LogP contribution in [0.4, 0.5) is 0 Å². The van der Waals surface area contributed by atoms with Crippen LogP contribution in [-0.4, -0.2) is 26.0 Å². The van der Waals surface area contributed by atoms with E-state index in [4.69, 9.17) is 4.74 Å². The third-order valence-corrected chi connectivity index (χ3v) is 4.88. The average Bonchev–Trinajstić information content (AvgIpc) is 3.40. The van der Waals surface area contributed by atoms with E-state index in [9.17, 15) is 5.21 Å². The fourth-order valence-corrected chi connectivity index (χ4v) is 3.34. The molecule has 0 fully saturated rings. The van der Waals surface area contributed by atoms with Crippen molar-refractivity contribution in [3.8, 4) is 16.9 Å². The van der Waals surface area contributed by atoms with Gasteiger partial charge >= 0.3 is 0 Å². The first-order chi connectivity index (χ1) is 14.7. The summed E-state index contributed by atoms with van der Waals surface area (Å²) in [5, 5.41) is 19.3. The zero-order valence-electron chi connectivity index (χ0n) is 16.5. The Morgan fingerprint density at radius 2 is 2.10 bits per heavy atom. The lowest BCUT2D eigenvalue weighted by molar-refractivity contribution is -0.366. The van der Waals surface area contributed by atoms with Gasteiger partial charge in [-0.3, -0.25) is 5.10 Å². The maximum atomic E-state index is 10.5. The number of rotatable bonds is 7. The predicted octanol–water partition coefficient (Wildman–Crippen LogP) is 2.76. The van der Waals surface area contributed by atoms with Crippen molar-refractivity contribution in [1.29, 1.82) is 0 Å². The van der Waals surface area contributed by atoms with Crippen LogP contribution in [0.2, 0.25) is 0 Å². The Balaban J connectivity index is 1.52. The molecule has 0 radical (unpaired) electrons. The molecule has 150 valence electrons. The molecule has 0 amide bonds. The van der Waals surface area contributed by atoms with E-state index in [-0.39, 0.29) is 6.61 Å². The van der Waals surface area contributed by atoms with E-state index in [0.29, 0.717) is 0 Å². The minimum Gasteiger partial charge on any atom is -0.625 e. The molecule has 0 bridgehead atoms. The molecule has 0 unspecified atom stereocenters. The minimum absolute atomic E-state index is 0.282. The monoisotopic (exact) mass is 399 g/mol. The van der Waals surface area contributed by atoms with Crippen molar-refractivity contribution < 1.29 is 9.89 Å². The average molecular weight is 399 g/mol. The topological polar surface area (TPSA) is 92.8 Å². The number of ether oxygens (including phenoxy) is 1. The van der Waals surface area contributed by atoms with E-state index in [0.717, 1.165) is 44.7 Å². The molecule has 0 atom stereocenters. The Hall–Kier alpha value is -4.13. The van der Waals surface area contributed by atoms with E-state index in [2.05, 4.69) is 33.9 Å². The van der Waals surface area contributed by atoms with Gasteiger partial charge in [-0.1, -0.05) is 36.9 Å². The quantitative estimate of drug-likeness (QED) is 0.216. The van der Waals surface area contributed by atoms with Gasteiger partial charge in [0.1, 0.15) is 18.1 Å². The van der Waals surface area contributed by atoms with Gasteiger partial charge in [0.15, 0.2) is 6.21 Å². The highest BCUT2D eigenvalue weighted by atomic mass is 16.5. The van der Waals surface area contributed by atoms with E-state index >= 15 is 0 Å². The largest absolute Gasteiger partial charge is 0.625 e. The summed E-state index contributed by atoms with van der Waals surface area (Å²) in [6.07, 6.45) is 8.18. The zero-order chi connectivity index (χ0) is 20.9. The van der Waals surface area contributed by atoms with Gasteiger partial charge in [0.2, 0.25) is 0 Å². The first-order valence-corrected chi connectivity index (χ1v) is 9.41. The Bertz CT molecular complexity index is 1230. The predicted molar refractivity (Wildman–Crippen MR) is 118 cm³/mol. The number of aromatic amines is 1. The number of nitrogens with zero attached hydrogens (tertiary/aromatic N) is 3. The van der Waals surface area contributed by atoms with Crippen LogP contribution in [0.1, 0.15) is 11.3 Å². The van der Waals surface area contributed by atoms with E-state index in [1.54, 1.807) is 23.5 Å². The van der Waals surface area contributed by atoms with Gasteiger partial charge < -0.3 is 14.5 Å². The first-order valence-electron chi connectivity index (χ1n) is 9.41. The second-order valence-electron chi connectivity index (χ2n) is 6.70. The summed E-state index contributed by atoms with van der Waals surface area (Å²) in [6.45, 7) is 4.07. The molecule has 2 N–H and O–H groups in total. The molecule has 4 rings (SSSR count). The Kier molecular flexibility index (Phi) is 5.43. The summed E-state index contributed by atoms with van der Waals surface area (Å²) >= 11 is 0. The van der Waals surface area contributed by atoms with Crippen LogP contribution in [0.5, 0.6) is 5.75 Å². The molecule has 0 saturated heterocycles. The Morgan fingerprint density at radius 3 is 2.87 bits per heavy atom. The summed E-state index contributed by atoms with van der Waals surface area (Å²) in [7, 11) is 1.99. The first kappa shape index (κ1) is 19.2. The molecule has 7 nitrogen and oxygen atoms in total. The van der Waals surface area contributed by atoms with Gasteiger partial charge in [0, 0.05) is 30.4 Å². The molecule has 2 aromatic carbocycles. The molecular weight excluding hydrogens is 378 g/mol. The second kappa shape index (κ2) is 8.48.